The van der Waals surface area contributed by atoms with Gasteiger partial charge in [0.25, 0.3) is 10.0 Å². The molecule has 10 heteroatoms. The molecule has 138 valence electrons. The van der Waals surface area contributed by atoms with E-state index in [0.29, 0.717) is 26.1 Å². The van der Waals surface area contributed by atoms with Gasteiger partial charge in [-0.15, -0.1) is 11.3 Å². The number of piperazine rings is 1. The topological polar surface area (TPSA) is 104 Å². The molecule has 8 nitrogen and oxygen atoms in total. The Morgan fingerprint density at radius 1 is 1.28 bits per heavy atom. The number of thiophene rings is 1. The molecule has 0 bridgehead atoms. The monoisotopic (exact) mass is 388 g/mol. The Bertz CT molecular complexity index is 746. The van der Waals surface area contributed by atoms with Gasteiger partial charge in [-0.3, -0.25) is 4.79 Å². The number of carboxylic acids is 1. The largest absolute Gasteiger partial charge is 0.478 e. The maximum absolute atomic E-state index is 12.6. The molecule has 3 rings (SSSR count). The lowest BCUT2D eigenvalue weighted by molar-refractivity contribution is -0.134. The van der Waals surface area contributed by atoms with E-state index >= 15 is 0 Å². The average Bonchev–Trinajstić information content (AvgIpc) is 3.26. The summed E-state index contributed by atoms with van der Waals surface area (Å²) in [5, 5.41) is 10.2. The Balaban J connectivity index is 1.58. The molecule has 0 spiro atoms. The first-order valence-corrected chi connectivity index (χ1v) is 10.4. The van der Waals surface area contributed by atoms with Crippen LogP contribution < -0.4 is 0 Å². The van der Waals surface area contributed by atoms with Gasteiger partial charge in [0.2, 0.25) is 5.91 Å². The fourth-order valence-corrected chi connectivity index (χ4v) is 5.73. The number of hydrogen-bond donors (Lipinski definition) is 1. The zero-order valence-corrected chi connectivity index (χ0v) is 15.2. The van der Waals surface area contributed by atoms with E-state index in [1.165, 1.54) is 15.8 Å². The van der Waals surface area contributed by atoms with Crippen molar-refractivity contribution in [3.8, 4) is 0 Å². The van der Waals surface area contributed by atoms with Crippen LogP contribution in [0.4, 0.5) is 0 Å². The van der Waals surface area contributed by atoms with E-state index in [9.17, 15) is 18.0 Å². The minimum absolute atomic E-state index is 0.00626. The van der Waals surface area contributed by atoms with Crippen LogP contribution in [-0.4, -0.2) is 73.5 Å². The van der Waals surface area contributed by atoms with Gasteiger partial charge in [0.05, 0.1) is 18.1 Å². The number of sulfonamides is 1. The Morgan fingerprint density at radius 2 is 2.00 bits per heavy atom. The molecule has 2 aliphatic rings. The summed E-state index contributed by atoms with van der Waals surface area (Å²) in [5.41, 5.74) is -0.0334. The van der Waals surface area contributed by atoms with Crippen molar-refractivity contribution in [2.75, 3.05) is 32.8 Å². The number of rotatable bonds is 5. The molecule has 1 atom stereocenters. The third kappa shape index (κ3) is 4.02. The zero-order valence-electron chi connectivity index (χ0n) is 13.6. The number of carboxylic acid groups (broad SMARTS) is 1. The minimum Gasteiger partial charge on any atom is -0.478 e. The number of hydrogen-bond acceptors (Lipinski definition) is 6. The summed E-state index contributed by atoms with van der Waals surface area (Å²) in [6, 6.07) is 1.18. The molecule has 1 amide bonds. The maximum atomic E-state index is 12.6. The Hall–Kier alpha value is -1.49. The third-order valence-electron chi connectivity index (χ3n) is 4.43. The number of nitrogens with zero attached hydrogens (tertiary/aromatic N) is 2. The minimum atomic E-state index is -3.72. The second kappa shape index (κ2) is 7.40. The zero-order chi connectivity index (χ0) is 18.0. The van der Waals surface area contributed by atoms with Crippen molar-refractivity contribution < 1.29 is 27.9 Å². The summed E-state index contributed by atoms with van der Waals surface area (Å²) in [6.45, 7) is 1.78. The van der Waals surface area contributed by atoms with Gasteiger partial charge < -0.3 is 14.7 Å². The third-order valence-corrected chi connectivity index (χ3v) is 7.75. The van der Waals surface area contributed by atoms with Gasteiger partial charge >= 0.3 is 5.97 Å². The van der Waals surface area contributed by atoms with Gasteiger partial charge in [0, 0.05) is 38.2 Å². The molecule has 0 radical (unpaired) electrons. The highest BCUT2D eigenvalue weighted by atomic mass is 32.2. The first-order valence-electron chi connectivity index (χ1n) is 8.09. The lowest BCUT2D eigenvalue weighted by atomic mass is 10.1. The van der Waals surface area contributed by atoms with Crippen molar-refractivity contribution in [2.24, 2.45) is 0 Å². The summed E-state index contributed by atoms with van der Waals surface area (Å²) in [7, 11) is -3.72. The second-order valence-electron chi connectivity index (χ2n) is 6.08. The molecule has 1 aromatic heterocycles. The molecule has 1 unspecified atom stereocenters. The second-order valence-corrected chi connectivity index (χ2v) is 9.16. The van der Waals surface area contributed by atoms with E-state index in [0.717, 1.165) is 24.2 Å². The van der Waals surface area contributed by atoms with Crippen molar-refractivity contribution in [1.82, 2.24) is 9.21 Å². The van der Waals surface area contributed by atoms with Crippen molar-refractivity contribution in [2.45, 2.75) is 29.6 Å². The van der Waals surface area contributed by atoms with Crippen LogP contribution in [0.2, 0.25) is 0 Å². The lowest BCUT2D eigenvalue weighted by Gasteiger charge is -2.34. The fraction of sp³-hybridized carbons (Fsp3) is 0.600. The summed E-state index contributed by atoms with van der Waals surface area (Å²) in [5.74, 6) is -1.16. The molecule has 1 aromatic rings. The van der Waals surface area contributed by atoms with E-state index in [1.807, 2.05) is 0 Å². The van der Waals surface area contributed by atoms with Crippen LogP contribution in [0.15, 0.2) is 15.7 Å². The molecule has 0 aliphatic carbocycles. The van der Waals surface area contributed by atoms with Gasteiger partial charge in [0.1, 0.15) is 4.21 Å². The Labute approximate surface area is 150 Å². The summed E-state index contributed by atoms with van der Waals surface area (Å²) < 4.78 is 32.0. The molecule has 3 heterocycles. The number of ether oxygens (including phenoxy) is 1. The van der Waals surface area contributed by atoms with Crippen LogP contribution in [0.5, 0.6) is 0 Å². The average molecular weight is 388 g/mol. The van der Waals surface area contributed by atoms with E-state index in [4.69, 9.17) is 9.84 Å². The first-order chi connectivity index (χ1) is 11.9. The quantitative estimate of drug-likeness (QED) is 0.802. The molecular weight excluding hydrogens is 368 g/mol. The highest BCUT2D eigenvalue weighted by molar-refractivity contribution is 7.91. The van der Waals surface area contributed by atoms with Crippen molar-refractivity contribution in [1.29, 1.82) is 0 Å². The van der Waals surface area contributed by atoms with E-state index < -0.39 is 16.0 Å². The van der Waals surface area contributed by atoms with Gasteiger partial charge in [-0.2, -0.15) is 4.31 Å². The van der Waals surface area contributed by atoms with Crippen LogP contribution in [0.3, 0.4) is 0 Å². The molecule has 1 N–H and O–H groups in total. The van der Waals surface area contributed by atoms with E-state index in [2.05, 4.69) is 0 Å². The highest BCUT2D eigenvalue weighted by Gasteiger charge is 2.32. The molecular formula is C15H20N2O6S2. The van der Waals surface area contributed by atoms with Crippen LogP contribution in [0.1, 0.15) is 29.6 Å². The van der Waals surface area contributed by atoms with Crippen LogP contribution in [-0.2, 0) is 19.6 Å². The Morgan fingerprint density at radius 3 is 2.56 bits per heavy atom. The number of amides is 1. The predicted octanol–water partition coefficient (Wildman–Crippen LogP) is 0.848. The van der Waals surface area contributed by atoms with E-state index in [1.54, 1.807) is 4.90 Å². The van der Waals surface area contributed by atoms with Crippen LogP contribution in [0, 0.1) is 0 Å². The number of carbonyl (C=O) groups excluding carboxylic acids is 1. The SMILES string of the molecule is O=C(O)c1csc(S(=O)(=O)N2CCN(C(=O)CC3CCCO3)CC2)c1. The molecule has 2 saturated heterocycles. The maximum Gasteiger partial charge on any atom is 0.336 e. The van der Waals surface area contributed by atoms with E-state index in [-0.39, 0.29) is 34.9 Å². The number of aromatic carboxylic acids is 1. The number of carbonyl (C=O) groups is 2. The smallest absolute Gasteiger partial charge is 0.336 e. The Kier molecular flexibility index (Phi) is 5.42. The summed E-state index contributed by atoms with van der Waals surface area (Å²) in [6.07, 6.45) is 2.20. The summed E-state index contributed by atoms with van der Waals surface area (Å²) >= 11 is 0.899. The normalized spacial score (nSPS) is 22.2. The van der Waals surface area contributed by atoms with Gasteiger partial charge in [0.15, 0.2) is 0 Å². The highest BCUT2D eigenvalue weighted by Crippen LogP contribution is 2.25. The molecule has 2 fully saturated rings. The predicted molar refractivity (Wildman–Crippen MR) is 90.2 cm³/mol. The molecule has 0 saturated carbocycles. The van der Waals surface area contributed by atoms with Crippen molar-refractivity contribution in [3.63, 3.8) is 0 Å². The molecule has 0 aromatic carbocycles. The van der Waals surface area contributed by atoms with Gasteiger partial charge in [-0.25, -0.2) is 13.2 Å². The van der Waals surface area contributed by atoms with Crippen molar-refractivity contribution in [3.05, 3.63) is 17.0 Å². The summed E-state index contributed by atoms with van der Waals surface area (Å²) in [4.78, 5) is 24.9. The lowest BCUT2D eigenvalue weighted by Crippen LogP contribution is -2.50. The molecule has 2 aliphatic heterocycles. The standard InChI is InChI=1S/C15H20N2O6S2/c18-13(9-12-2-1-7-23-12)16-3-5-17(6-4-16)25(21,22)14-8-11(10-24-14)15(19)20/h8,10,12H,1-7,9H2,(H,19,20). The first kappa shape index (κ1) is 18.3. The molecule has 25 heavy (non-hydrogen) atoms. The van der Waals surface area contributed by atoms with Gasteiger partial charge in [-0.05, 0) is 18.9 Å². The van der Waals surface area contributed by atoms with Crippen LogP contribution in [0.25, 0.3) is 0 Å². The fourth-order valence-electron chi connectivity index (χ4n) is 3.00. The van der Waals surface area contributed by atoms with Crippen LogP contribution >= 0.6 is 11.3 Å². The van der Waals surface area contributed by atoms with Gasteiger partial charge in [-0.1, -0.05) is 0 Å². The van der Waals surface area contributed by atoms with Crippen molar-refractivity contribution >= 4 is 33.2 Å².